The molecule has 2 saturated heterocycles. The van der Waals surface area contributed by atoms with E-state index in [0.717, 1.165) is 20.8 Å². The molecular weight excluding hydrogens is 573 g/mol. The van der Waals surface area contributed by atoms with E-state index in [1.807, 2.05) is 4.90 Å². The summed E-state index contributed by atoms with van der Waals surface area (Å²) in [6.45, 7) is 9.12. The molecule has 0 aliphatic carbocycles. The van der Waals surface area contributed by atoms with Crippen molar-refractivity contribution in [1.29, 1.82) is 0 Å². The Morgan fingerprint density at radius 1 is 0.905 bits per heavy atom. The van der Waals surface area contributed by atoms with Crippen LogP contribution in [0.5, 0.6) is 0 Å². The fourth-order valence-electron chi connectivity index (χ4n) is 4.51. The highest BCUT2D eigenvalue weighted by Gasteiger charge is 2.53. The van der Waals surface area contributed by atoms with E-state index in [1.165, 1.54) is 0 Å². The molecule has 2 aliphatic rings. The van der Waals surface area contributed by atoms with E-state index in [-0.39, 0.29) is 25.0 Å². The molecule has 0 aromatic rings. The van der Waals surface area contributed by atoms with Gasteiger partial charge in [-0.2, -0.15) is 13.2 Å². The number of ether oxygens (including phenoxy) is 6. The quantitative estimate of drug-likeness (QED) is 0.279. The average molecular weight is 613 g/mol. The van der Waals surface area contributed by atoms with Crippen LogP contribution in [0.3, 0.4) is 0 Å². The van der Waals surface area contributed by atoms with Gasteiger partial charge in [-0.05, 0) is 46.7 Å². The molecule has 2 fully saturated rings. The van der Waals surface area contributed by atoms with Gasteiger partial charge in [0.1, 0.15) is 24.4 Å². The fraction of sp³-hybridized carbons (Fsp3) is 0.808. The number of halogens is 3. The number of hydrogen-bond donors (Lipinski definition) is 1. The van der Waals surface area contributed by atoms with Crippen molar-refractivity contribution in [2.75, 3.05) is 32.8 Å². The van der Waals surface area contributed by atoms with Crippen molar-refractivity contribution in [1.82, 2.24) is 10.2 Å². The maximum Gasteiger partial charge on any atom is 0.471 e. The first kappa shape index (κ1) is 35.2. The molecule has 0 bridgehead atoms. The number of rotatable bonds is 10. The molecule has 0 spiro atoms. The Hall–Kier alpha value is -2.98. The number of alkyl halides is 3. The van der Waals surface area contributed by atoms with Gasteiger partial charge in [0.2, 0.25) is 0 Å². The van der Waals surface area contributed by atoms with Crippen LogP contribution in [0.2, 0.25) is 0 Å². The van der Waals surface area contributed by atoms with E-state index in [2.05, 4.69) is 0 Å². The lowest BCUT2D eigenvalue weighted by molar-refractivity contribution is -0.279. The topological polar surface area (TPSA) is 156 Å². The predicted molar refractivity (Wildman–Crippen MR) is 135 cm³/mol. The van der Waals surface area contributed by atoms with Crippen LogP contribution in [0.1, 0.15) is 54.4 Å². The summed E-state index contributed by atoms with van der Waals surface area (Å²) in [4.78, 5) is 61.4. The molecule has 2 aliphatic heterocycles. The number of carbonyl (C=O) groups excluding carboxylic acids is 5. The van der Waals surface area contributed by atoms with E-state index in [0.29, 0.717) is 25.9 Å². The SMILES string of the molecule is CC(=O)OC[C@H]1O[C@@H](OCCN2CCC(C(=O)OC(C)(C)C)CC2)[C@H](NC(=O)C(F)(F)F)[C@@H](OC(C)=O)[C@@H]1OC(C)=O. The Balaban J connectivity index is 2.19. The first-order chi connectivity index (χ1) is 19.4. The maximum atomic E-state index is 13.2. The van der Waals surface area contributed by atoms with Gasteiger partial charge in [-0.1, -0.05) is 0 Å². The van der Waals surface area contributed by atoms with Crippen molar-refractivity contribution in [3.05, 3.63) is 0 Å². The van der Waals surface area contributed by atoms with Crippen molar-refractivity contribution in [3.8, 4) is 0 Å². The standard InChI is InChI=1S/C26H39F3N2O11/c1-14(32)38-13-18-20(39-15(2)33)21(40-16(3)34)19(30-24(36)26(27,28)29)23(41-18)37-12-11-31-9-7-17(8-10-31)22(35)42-25(4,5)6/h17-21,23H,7-13H2,1-6H3,(H,30,36)/t18-,19-,20-,21-,23-/m1/s1. The van der Waals surface area contributed by atoms with Gasteiger partial charge < -0.3 is 38.6 Å². The van der Waals surface area contributed by atoms with Crippen molar-refractivity contribution in [3.63, 3.8) is 0 Å². The zero-order chi connectivity index (χ0) is 31.8. The third-order valence-electron chi connectivity index (χ3n) is 6.27. The van der Waals surface area contributed by atoms with Gasteiger partial charge in [0.15, 0.2) is 18.5 Å². The minimum absolute atomic E-state index is 0.106. The molecule has 240 valence electrons. The Labute approximate surface area is 241 Å². The number of hydrogen-bond acceptors (Lipinski definition) is 12. The molecule has 1 N–H and O–H groups in total. The van der Waals surface area contributed by atoms with Crippen LogP contribution in [0, 0.1) is 5.92 Å². The Morgan fingerprint density at radius 2 is 1.48 bits per heavy atom. The summed E-state index contributed by atoms with van der Waals surface area (Å²) in [5.41, 5.74) is -0.605. The van der Waals surface area contributed by atoms with E-state index >= 15 is 0 Å². The van der Waals surface area contributed by atoms with Gasteiger partial charge in [-0.25, -0.2) is 0 Å². The molecule has 16 heteroatoms. The predicted octanol–water partition coefficient (Wildman–Crippen LogP) is 1.26. The van der Waals surface area contributed by atoms with Crippen molar-refractivity contribution >= 4 is 29.8 Å². The minimum Gasteiger partial charge on any atom is -0.463 e. The Bertz CT molecular complexity index is 978. The summed E-state index contributed by atoms with van der Waals surface area (Å²) in [6, 6.07) is -1.76. The van der Waals surface area contributed by atoms with Crippen molar-refractivity contribution < 1.29 is 65.6 Å². The van der Waals surface area contributed by atoms with Gasteiger partial charge in [-0.3, -0.25) is 24.0 Å². The number of likely N-dealkylation sites (tertiary alicyclic amines) is 1. The van der Waals surface area contributed by atoms with Gasteiger partial charge in [0.25, 0.3) is 0 Å². The molecule has 2 rings (SSSR count). The lowest BCUT2D eigenvalue weighted by atomic mass is 9.96. The second-order valence-corrected chi connectivity index (χ2v) is 11.0. The molecule has 0 aromatic carbocycles. The highest BCUT2D eigenvalue weighted by Crippen LogP contribution is 2.29. The zero-order valence-electron chi connectivity index (χ0n) is 24.5. The lowest BCUT2D eigenvalue weighted by Crippen LogP contribution is -2.67. The van der Waals surface area contributed by atoms with E-state index < -0.39 is 72.8 Å². The summed E-state index contributed by atoms with van der Waals surface area (Å²) in [5.74, 6) is -5.51. The first-order valence-electron chi connectivity index (χ1n) is 13.4. The summed E-state index contributed by atoms with van der Waals surface area (Å²) in [7, 11) is 0. The molecule has 42 heavy (non-hydrogen) atoms. The second-order valence-electron chi connectivity index (χ2n) is 11.0. The van der Waals surface area contributed by atoms with E-state index in [4.69, 9.17) is 28.4 Å². The Kier molecular flexibility index (Phi) is 12.5. The van der Waals surface area contributed by atoms with E-state index in [1.54, 1.807) is 26.1 Å². The van der Waals surface area contributed by atoms with Gasteiger partial charge in [-0.15, -0.1) is 0 Å². The molecular formula is C26H39F3N2O11. The zero-order valence-corrected chi connectivity index (χ0v) is 24.5. The number of piperidine rings is 1. The van der Waals surface area contributed by atoms with Gasteiger partial charge >= 0.3 is 36.0 Å². The summed E-state index contributed by atoms with van der Waals surface area (Å²) in [6.07, 6.45) is -10.5. The van der Waals surface area contributed by atoms with Crippen LogP contribution in [0.25, 0.3) is 0 Å². The second kappa shape index (κ2) is 15.0. The molecule has 1 amide bonds. The molecule has 0 saturated carbocycles. The van der Waals surface area contributed by atoms with Crippen molar-refractivity contribution in [2.24, 2.45) is 5.92 Å². The lowest BCUT2D eigenvalue weighted by Gasteiger charge is -2.45. The molecule has 0 radical (unpaired) electrons. The van der Waals surface area contributed by atoms with Crippen LogP contribution in [-0.4, -0.2) is 110 Å². The summed E-state index contributed by atoms with van der Waals surface area (Å²) in [5, 5.41) is 1.72. The van der Waals surface area contributed by atoms with E-state index in [9.17, 15) is 37.1 Å². The number of nitrogens with zero attached hydrogens (tertiary/aromatic N) is 1. The third kappa shape index (κ3) is 11.4. The van der Waals surface area contributed by atoms with Crippen LogP contribution in [0.15, 0.2) is 0 Å². The third-order valence-corrected chi connectivity index (χ3v) is 6.27. The molecule has 0 aromatic heterocycles. The monoisotopic (exact) mass is 612 g/mol. The van der Waals surface area contributed by atoms with Crippen LogP contribution >= 0.6 is 0 Å². The normalized spacial score (nSPS) is 25.7. The van der Waals surface area contributed by atoms with Crippen LogP contribution in [0.4, 0.5) is 13.2 Å². The summed E-state index contributed by atoms with van der Waals surface area (Å²) < 4.78 is 71.9. The smallest absolute Gasteiger partial charge is 0.463 e. The first-order valence-corrected chi connectivity index (χ1v) is 13.4. The molecule has 2 heterocycles. The van der Waals surface area contributed by atoms with Crippen LogP contribution < -0.4 is 5.32 Å². The number of amides is 1. The summed E-state index contributed by atoms with van der Waals surface area (Å²) >= 11 is 0. The molecule has 5 atom stereocenters. The minimum atomic E-state index is -5.31. The average Bonchev–Trinajstić information content (AvgIpc) is 2.84. The van der Waals surface area contributed by atoms with Crippen molar-refractivity contribution in [2.45, 2.75) is 96.8 Å². The fourth-order valence-corrected chi connectivity index (χ4v) is 4.51. The number of nitrogens with one attached hydrogen (secondary N) is 1. The number of esters is 4. The van der Waals surface area contributed by atoms with Gasteiger partial charge in [0, 0.05) is 27.3 Å². The highest BCUT2D eigenvalue weighted by atomic mass is 19.4. The number of carbonyl (C=O) groups is 5. The highest BCUT2D eigenvalue weighted by molar-refractivity contribution is 5.82. The molecule has 13 nitrogen and oxygen atoms in total. The van der Waals surface area contributed by atoms with Gasteiger partial charge in [0.05, 0.1) is 12.5 Å². The molecule has 0 unspecified atom stereocenters. The van der Waals surface area contributed by atoms with Crippen LogP contribution in [-0.2, 0) is 52.4 Å². The maximum absolute atomic E-state index is 13.2. The largest absolute Gasteiger partial charge is 0.471 e. The Morgan fingerprint density at radius 3 is 1.98 bits per heavy atom.